The predicted molar refractivity (Wildman–Crippen MR) is 127 cm³/mol. The maximum absolute atomic E-state index is 11.4. The third-order valence-corrected chi connectivity index (χ3v) is 8.33. The van der Waals surface area contributed by atoms with E-state index in [0.717, 1.165) is 54.9 Å². The van der Waals surface area contributed by atoms with Gasteiger partial charge in [0.25, 0.3) is 0 Å². The van der Waals surface area contributed by atoms with Gasteiger partial charge in [-0.15, -0.1) is 23.5 Å². The van der Waals surface area contributed by atoms with Crippen molar-refractivity contribution in [2.24, 2.45) is 0 Å². The van der Waals surface area contributed by atoms with Crippen LogP contribution in [0.25, 0.3) is 0 Å². The van der Waals surface area contributed by atoms with Gasteiger partial charge in [-0.25, -0.2) is 0 Å². The fourth-order valence-electron chi connectivity index (χ4n) is 3.52. The molecule has 0 amide bonds. The molecule has 2 aromatic rings. The summed E-state index contributed by atoms with van der Waals surface area (Å²) < 4.78 is 10.8. The van der Waals surface area contributed by atoms with Crippen molar-refractivity contribution in [3.05, 3.63) is 52.8 Å². The van der Waals surface area contributed by atoms with E-state index in [0.29, 0.717) is 13.0 Å². The predicted octanol–water partition coefficient (Wildman–Crippen LogP) is 4.81. The highest BCUT2D eigenvalue weighted by Gasteiger charge is 2.36. The average molecular weight is 457 g/mol. The zero-order valence-electron chi connectivity index (χ0n) is 18.3. The number of ether oxygens (including phenoxy) is 2. The van der Waals surface area contributed by atoms with E-state index in [9.17, 15) is 4.79 Å². The van der Waals surface area contributed by atoms with Crippen molar-refractivity contribution in [1.29, 1.82) is 0 Å². The Bertz CT molecular complexity index is 965. The molecule has 3 rings (SSSR count). The molecule has 1 aliphatic rings. The van der Waals surface area contributed by atoms with Crippen LogP contribution < -0.4 is 4.74 Å². The van der Waals surface area contributed by atoms with Gasteiger partial charge in [0.05, 0.1) is 29.2 Å². The summed E-state index contributed by atoms with van der Waals surface area (Å²) in [5.41, 5.74) is 3.90. The molecule has 0 saturated carbocycles. The van der Waals surface area contributed by atoms with E-state index in [2.05, 4.69) is 40.6 Å². The number of unbranched alkanes of at least 4 members (excludes halogenated alkanes) is 1. The number of hydrogen-bond donors (Lipinski definition) is 0. The van der Waals surface area contributed by atoms with Crippen LogP contribution in [0, 0.1) is 11.8 Å². The van der Waals surface area contributed by atoms with Crippen molar-refractivity contribution in [3.8, 4) is 17.6 Å². The Morgan fingerprint density at radius 1 is 1.19 bits per heavy atom. The summed E-state index contributed by atoms with van der Waals surface area (Å²) >= 11 is 3.72. The van der Waals surface area contributed by atoms with Crippen molar-refractivity contribution < 1.29 is 14.3 Å². The third-order valence-electron chi connectivity index (χ3n) is 5.16. The van der Waals surface area contributed by atoms with E-state index in [1.54, 1.807) is 6.20 Å². The van der Waals surface area contributed by atoms with Crippen molar-refractivity contribution >= 4 is 29.5 Å². The molecule has 7 heteroatoms. The number of fused-ring (bicyclic) bond motifs is 1. The first-order chi connectivity index (χ1) is 15.1. The minimum absolute atomic E-state index is 0.0141. The first kappa shape index (κ1) is 23.5. The number of esters is 1. The highest BCUT2D eigenvalue weighted by molar-refractivity contribution is 8.16. The molecule has 5 nitrogen and oxygen atoms in total. The standard InChI is InChI=1S/C24H28N2O3S2/c1-4-28-23(27)8-6-5-7-20-15-19(17-25-26-20)10-9-18-11-12-22-21(16-18)24(30-2,31-3)13-14-29-22/h11-12,15-17H,4-8,13-14H2,1-3H3. The molecule has 0 bridgehead atoms. The maximum atomic E-state index is 11.4. The number of aryl methyl sites for hydroxylation is 1. The van der Waals surface area contributed by atoms with Crippen LogP contribution in [0.2, 0.25) is 0 Å². The lowest BCUT2D eigenvalue weighted by Gasteiger charge is -2.36. The molecule has 2 heterocycles. The molecule has 1 aromatic carbocycles. The van der Waals surface area contributed by atoms with E-state index >= 15 is 0 Å². The second-order valence-electron chi connectivity index (χ2n) is 7.17. The number of thioether (sulfide) groups is 2. The zero-order valence-corrected chi connectivity index (χ0v) is 19.9. The zero-order chi connectivity index (χ0) is 22.1. The van der Waals surface area contributed by atoms with E-state index in [4.69, 9.17) is 9.47 Å². The van der Waals surface area contributed by atoms with Crippen LogP contribution in [-0.4, -0.2) is 41.9 Å². The lowest BCUT2D eigenvalue weighted by molar-refractivity contribution is -0.143. The Morgan fingerprint density at radius 3 is 2.77 bits per heavy atom. The van der Waals surface area contributed by atoms with Gasteiger partial charge in [0, 0.05) is 29.5 Å². The molecule has 1 aromatic heterocycles. The van der Waals surface area contributed by atoms with Gasteiger partial charge in [-0.2, -0.15) is 10.2 Å². The number of nitrogens with zero attached hydrogens (tertiary/aromatic N) is 2. The van der Waals surface area contributed by atoms with Crippen molar-refractivity contribution in [3.63, 3.8) is 0 Å². The summed E-state index contributed by atoms with van der Waals surface area (Å²) in [5.74, 6) is 7.30. The Kier molecular flexibility index (Phi) is 8.68. The second-order valence-corrected chi connectivity index (χ2v) is 9.64. The Morgan fingerprint density at radius 2 is 2.00 bits per heavy atom. The molecule has 0 unspecified atom stereocenters. The highest BCUT2D eigenvalue weighted by Crippen LogP contribution is 2.52. The van der Waals surface area contributed by atoms with E-state index in [1.165, 1.54) is 5.56 Å². The summed E-state index contributed by atoms with van der Waals surface area (Å²) in [4.78, 5) is 11.4. The topological polar surface area (TPSA) is 61.3 Å². The van der Waals surface area contributed by atoms with E-state index in [1.807, 2.05) is 48.6 Å². The van der Waals surface area contributed by atoms with Gasteiger partial charge < -0.3 is 9.47 Å². The monoisotopic (exact) mass is 456 g/mol. The first-order valence-corrected chi connectivity index (χ1v) is 12.9. The lowest BCUT2D eigenvalue weighted by Crippen LogP contribution is -2.26. The average Bonchev–Trinajstić information content (AvgIpc) is 2.80. The van der Waals surface area contributed by atoms with E-state index < -0.39 is 0 Å². The maximum Gasteiger partial charge on any atom is 0.305 e. The molecule has 0 radical (unpaired) electrons. The van der Waals surface area contributed by atoms with Crippen LogP contribution in [-0.2, 0) is 20.0 Å². The summed E-state index contributed by atoms with van der Waals surface area (Å²) in [6, 6.07) is 8.16. The summed E-state index contributed by atoms with van der Waals surface area (Å²) in [6.07, 6.45) is 9.82. The van der Waals surface area contributed by atoms with Gasteiger partial charge in [-0.1, -0.05) is 11.8 Å². The van der Waals surface area contributed by atoms with Crippen LogP contribution in [0.3, 0.4) is 0 Å². The molecule has 31 heavy (non-hydrogen) atoms. The van der Waals surface area contributed by atoms with Crippen LogP contribution >= 0.6 is 23.5 Å². The van der Waals surface area contributed by atoms with Crippen molar-refractivity contribution in [2.75, 3.05) is 25.7 Å². The second kappa shape index (κ2) is 11.4. The van der Waals surface area contributed by atoms with Gasteiger partial charge in [0.2, 0.25) is 0 Å². The van der Waals surface area contributed by atoms with Crippen LogP contribution in [0.1, 0.15) is 55.0 Å². The van der Waals surface area contributed by atoms with Gasteiger partial charge in [-0.05, 0) is 63.0 Å². The van der Waals surface area contributed by atoms with Gasteiger partial charge in [0.1, 0.15) is 5.75 Å². The van der Waals surface area contributed by atoms with E-state index in [-0.39, 0.29) is 10.0 Å². The molecule has 0 N–H and O–H groups in total. The molecule has 0 fully saturated rings. The molecule has 0 atom stereocenters. The molecular formula is C24H28N2O3S2. The largest absolute Gasteiger partial charge is 0.493 e. The van der Waals surface area contributed by atoms with Gasteiger partial charge >= 0.3 is 5.97 Å². The minimum Gasteiger partial charge on any atom is -0.493 e. The van der Waals surface area contributed by atoms with Gasteiger partial charge in [0.15, 0.2) is 0 Å². The Labute approximate surface area is 193 Å². The smallest absolute Gasteiger partial charge is 0.305 e. The minimum atomic E-state index is -0.143. The molecule has 0 aliphatic carbocycles. The molecule has 1 aliphatic heterocycles. The summed E-state index contributed by atoms with van der Waals surface area (Å²) in [7, 11) is 0. The van der Waals surface area contributed by atoms with Crippen LogP contribution in [0.5, 0.6) is 5.75 Å². The Balaban J connectivity index is 1.67. The Hall–Kier alpha value is -2.17. The number of benzene rings is 1. The number of carbonyl (C=O) groups excluding carboxylic acids is 1. The van der Waals surface area contributed by atoms with Gasteiger partial charge in [-0.3, -0.25) is 4.79 Å². The number of rotatable bonds is 8. The SMILES string of the molecule is CCOC(=O)CCCCc1cc(C#Cc2ccc3c(c2)C(SC)(SC)CCO3)cnn1. The van der Waals surface area contributed by atoms with Crippen molar-refractivity contribution in [2.45, 2.75) is 43.1 Å². The number of hydrogen-bond acceptors (Lipinski definition) is 7. The third kappa shape index (κ3) is 6.18. The lowest BCUT2D eigenvalue weighted by atomic mass is 10.0. The fraction of sp³-hybridized carbons (Fsp3) is 0.458. The number of aromatic nitrogens is 2. The van der Waals surface area contributed by atoms with Crippen LogP contribution in [0.15, 0.2) is 30.5 Å². The molecule has 0 saturated heterocycles. The fourth-order valence-corrected chi connectivity index (χ4v) is 5.52. The normalized spacial score (nSPS) is 14.0. The molecule has 164 valence electrons. The molecular weight excluding hydrogens is 428 g/mol. The quantitative estimate of drug-likeness (QED) is 0.244. The summed E-state index contributed by atoms with van der Waals surface area (Å²) in [6.45, 7) is 2.99. The highest BCUT2D eigenvalue weighted by atomic mass is 32.2. The first-order valence-electron chi connectivity index (χ1n) is 10.5. The summed E-state index contributed by atoms with van der Waals surface area (Å²) in [5, 5.41) is 8.28. The van der Waals surface area contributed by atoms with Crippen LogP contribution in [0.4, 0.5) is 0 Å². The van der Waals surface area contributed by atoms with Crippen molar-refractivity contribution in [1.82, 2.24) is 10.2 Å². The number of carbonyl (C=O) groups is 1. The molecule has 0 spiro atoms.